The van der Waals surface area contributed by atoms with Gasteiger partial charge in [-0.15, -0.1) is 0 Å². The molecule has 0 spiro atoms. The molecule has 6 nitrogen and oxygen atoms in total. The number of hydrogen-bond donors (Lipinski definition) is 4. The first-order valence-corrected chi connectivity index (χ1v) is 7.01. The van der Waals surface area contributed by atoms with Crippen LogP contribution in [0.25, 0.3) is 0 Å². The fourth-order valence-corrected chi connectivity index (χ4v) is 2.64. The minimum absolute atomic E-state index is 0.319. The molecule has 7 heteroatoms. The Bertz CT molecular complexity index is 368. The van der Waals surface area contributed by atoms with Gasteiger partial charge in [-0.2, -0.15) is 11.3 Å². The van der Waals surface area contributed by atoms with Gasteiger partial charge in [-0.3, -0.25) is 0 Å². The van der Waals surface area contributed by atoms with Gasteiger partial charge >= 0.3 is 0 Å². The molecule has 19 heavy (non-hydrogen) atoms. The summed E-state index contributed by atoms with van der Waals surface area (Å²) in [5.41, 5.74) is 1.12. The topological polar surface area (TPSA) is 99.4 Å². The molecular weight excluding hydrogens is 272 g/mol. The minimum Gasteiger partial charge on any atom is -0.394 e. The third-order valence-electron chi connectivity index (χ3n) is 3.10. The summed E-state index contributed by atoms with van der Waals surface area (Å²) in [6.45, 7) is -0.130. The van der Waals surface area contributed by atoms with Crippen LogP contribution in [0, 0.1) is 0 Å². The van der Waals surface area contributed by atoms with E-state index in [0.717, 1.165) is 5.56 Å². The van der Waals surface area contributed by atoms with Crippen molar-refractivity contribution in [1.29, 1.82) is 0 Å². The molecule has 0 aliphatic carbocycles. The van der Waals surface area contributed by atoms with E-state index in [-0.39, 0.29) is 0 Å². The second-order valence-electron chi connectivity index (χ2n) is 4.45. The molecule has 0 radical (unpaired) electrons. The Morgan fingerprint density at radius 1 is 1.21 bits per heavy atom. The average Bonchev–Trinajstić information content (AvgIpc) is 2.92. The van der Waals surface area contributed by atoms with E-state index in [2.05, 4.69) is 0 Å². The van der Waals surface area contributed by atoms with Crippen LogP contribution in [0.3, 0.4) is 0 Å². The van der Waals surface area contributed by atoms with Gasteiger partial charge in [0.1, 0.15) is 24.4 Å². The molecule has 4 N–H and O–H groups in total. The lowest BCUT2D eigenvalue weighted by Gasteiger charge is -2.39. The molecule has 1 fully saturated rings. The molecule has 1 aliphatic rings. The van der Waals surface area contributed by atoms with Gasteiger partial charge in [0.25, 0.3) is 0 Å². The first kappa shape index (κ1) is 14.9. The molecule has 0 saturated carbocycles. The van der Waals surface area contributed by atoms with Crippen LogP contribution in [0.2, 0.25) is 0 Å². The minimum atomic E-state index is -1.39. The van der Waals surface area contributed by atoms with Crippen molar-refractivity contribution in [2.75, 3.05) is 13.2 Å². The summed E-state index contributed by atoms with van der Waals surface area (Å²) in [6, 6.07) is 1.97. The van der Waals surface area contributed by atoms with Gasteiger partial charge in [0.15, 0.2) is 6.29 Å². The molecule has 0 unspecified atom stereocenters. The number of ether oxygens (including phenoxy) is 2. The van der Waals surface area contributed by atoms with Gasteiger partial charge in [-0.1, -0.05) is 0 Å². The fourth-order valence-electron chi connectivity index (χ4n) is 1.93. The predicted molar refractivity (Wildman–Crippen MR) is 67.7 cm³/mol. The summed E-state index contributed by atoms with van der Waals surface area (Å²) in [5, 5.41) is 41.9. The molecular formula is C12H18O6S. The summed E-state index contributed by atoms with van der Waals surface area (Å²) < 4.78 is 10.6. The standard InChI is InChI=1S/C12H18O6S/c13-5-8-9(14)10(15)11(16)12(18-8)17-3-1-7-2-4-19-6-7/h2,4,6,8-16H,1,3,5H2/t8-,9-,10+,11-,12-/m0/s1. The van der Waals surface area contributed by atoms with Gasteiger partial charge in [0, 0.05) is 0 Å². The predicted octanol–water partition coefficient (Wildman–Crippen LogP) is -0.893. The van der Waals surface area contributed by atoms with Crippen LogP contribution in [0.1, 0.15) is 5.56 Å². The largest absolute Gasteiger partial charge is 0.394 e. The highest BCUT2D eigenvalue weighted by Gasteiger charge is 2.43. The van der Waals surface area contributed by atoms with Crippen molar-refractivity contribution in [3.8, 4) is 0 Å². The fraction of sp³-hybridized carbons (Fsp3) is 0.667. The van der Waals surface area contributed by atoms with Crippen LogP contribution in [0.5, 0.6) is 0 Å². The molecule has 1 saturated heterocycles. The lowest BCUT2D eigenvalue weighted by atomic mass is 9.99. The van der Waals surface area contributed by atoms with Crippen LogP contribution in [0.4, 0.5) is 0 Å². The third kappa shape index (κ3) is 3.51. The van der Waals surface area contributed by atoms with Crippen LogP contribution in [-0.2, 0) is 15.9 Å². The first-order valence-electron chi connectivity index (χ1n) is 6.06. The SMILES string of the molecule is OC[C@@H]1O[C@H](OCCc2ccsc2)[C@@H](O)[C@H](O)[C@H]1O. The number of thiophene rings is 1. The van der Waals surface area contributed by atoms with E-state index in [1.165, 1.54) is 0 Å². The van der Waals surface area contributed by atoms with Gasteiger partial charge in [-0.25, -0.2) is 0 Å². The zero-order valence-corrected chi connectivity index (χ0v) is 11.1. The molecule has 1 aliphatic heterocycles. The number of aliphatic hydroxyl groups is 4. The summed E-state index contributed by atoms with van der Waals surface area (Å²) in [6.07, 6.45) is -5.38. The number of hydrogen-bond acceptors (Lipinski definition) is 7. The van der Waals surface area contributed by atoms with Gasteiger partial charge < -0.3 is 29.9 Å². The highest BCUT2D eigenvalue weighted by atomic mass is 32.1. The van der Waals surface area contributed by atoms with Crippen LogP contribution in [0.15, 0.2) is 16.8 Å². The Labute approximate surface area is 114 Å². The second kappa shape index (κ2) is 6.76. The summed E-state index contributed by atoms with van der Waals surface area (Å²) >= 11 is 1.59. The second-order valence-corrected chi connectivity index (χ2v) is 5.23. The molecule has 2 rings (SSSR count). The molecule has 108 valence electrons. The van der Waals surface area contributed by atoms with E-state index in [4.69, 9.17) is 14.6 Å². The smallest absolute Gasteiger partial charge is 0.186 e. The highest BCUT2D eigenvalue weighted by molar-refractivity contribution is 7.07. The van der Waals surface area contributed by atoms with E-state index >= 15 is 0 Å². The normalized spacial score (nSPS) is 35.5. The van der Waals surface area contributed by atoms with Crippen molar-refractivity contribution in [2.24, 2.45) is 0 Å². The Hall–Kier alpha value is -0.540. The van der Waals surface area contributed by atoms with Crippen LogP contribution in [-0.4, -0.2) is 64.3 Å². The summed E-state index contributed by atoms with van der Waals surface area (Å²) in [7, 11) is 0. The van der Waals surface area contributed by atoms with Crippen molar-refractivity contribution in [3.05, 3.63) is 22.4 Å². The lowest BCUT2D eigenvalue weighted by Crippen LogP contribution is -2.59. The van der Waals surface area contributed by atoms with Gasteiger partial charge in [-0.05, 0) is 28.8 Å². The molecule has 0 bridgehead atoms. The average molecular weight is 290 g/mol. The Morgan fingerprint density at radius 2 is 2.00 bits per heavy atom. The Kier molecular flexibility index (Phi) is 5.28. The quantitative estimate of drug-likeness (QED) is 0.561. The van der Waals surface area contributed by atoms with Crippen LogP contribution >= 0.6 is 11.3 Å². The molecule has 5 atom stereocenters. The van der Waals surface area contributed by atoms with E-state index in [1.807, 2.05) is 16.8 Å². The zero-order valence-electron chi connectivity index (χ0n) is 10.3. The molecule has 1 aromatic rings. The summed E-state index contributed by atoms with van der Waals surface area (Å²) in [5.74, 6) is 0. The molecule has 0 amide bonds. The maximum absolute atomic E-state index is 9.74. The van der Waals surface area contributed by atoms with E-state index in [0.29, 0.717) is 13.0 Å². The molecule has 1 aromatic heterocycles. The maximum atomic E-state index is 9.74. The van der Waals surface area contributed by atoms with Crippen molar-refractivity contribution in [2.45, 2.75) is 37.1 Å². The van der Waals surface area contributed by atoms with Crippen molar-refractivity contribution in [1.82, 2.24) is 0 Å². The maximum Gasteiger partial charge on any atom is 0.186 e. The van der Waals surface area contributed by atoms with Crippen molar-refractivity contribution in [3.63, 3.8) is 0 Å². The summed E-state index contributed by atoms with van der Waals surface area (Å²) in [4.78, 5) is 0. The van der Waals surface area contributed by atoms with Gasteiger partial charge in [0.05, 0.1) is 13.2 Å². The lowest BCUT2D eigenvalue weighted by molar-refractivity contribution is -0.300. The Balaban J connectivity index is 1.84. The monoisotopic (exact) mass is 290 g/mol. The van der Waals surface area contributed by atoms with Gasteiger partial charge in [0.2, 0.25) is 0 Å². The first-order chi connectivity index (χ1) is 9.13. The third-order valence-corrected chi connectivity index (χ3v) is 3.83. The Morgan fingerprint density at radius 3 is 2.63 bits per heavy atom. The zero-order chi connectivity index (χ0) is 13.8. The van der Waals surface area contributed by atoms with Crippen molar-refractivity contribution < 1.29 is 29.9 Å². The van der Waals surface area contributed by atoms with Crippen molar-refractivity contribution >= 4 is 11.3 Å². The molecule has 0 aromatic carbocycles. The van der Waals surface area contributed by atoms with E-state index < -0.39 is 37.3 Å². The van der Waals surface area contributed by atoms with Crippen LogP contribution < -0.4 is 0 Å². The number of aliphatic hydroxyl groups excluding tert-OH is 4. The highest BCUT2D eigenvalue weighted by Crippen LogP contribution is 2.22. The van der Waals surface area contributed by atoms with E-state index in [9.17, 15) is 15.3 Å². The number of rotatable bonds is 5. The van der Waals surface area contributed by atoms with E-state index in [1.54, 1.807) is 11.3 Å². The molecule has 2 heterocycles.